The third-order valence-electron chi connectivity index (χ3n) is 2.67. The highest BCUT2D eigenvalue weighted by Crippen LogP contribution is 2.25. The predicted octanol–water partition coefficient (Wildman–Crippen LogP) is 3.28. The Bertz CT molecular complexity index is 763. The maximum absolute atomic E-state index is 13.2. The van der Waals surface area contributed by atoms with Crippen molar-refractivity contribution in [3.8, 4) is 0 Å². The summed E-state index contributed by atoms with van der Waals surface area (Å²) in [6.45, 7) is 1.56. The number of sulfonamides is 1. The SMILES string of the molecule is Cc1cc(NS(=O)(=O)c2ccc(Br)cc2N)ccc1F. The topological polar surface area (TPSA) is 72.2 Å². The molecule has 0 saturated carbocycles. The molecule has 4 nitrogen and oxygen atoms in total. The summed E-state index contributed by atoms with van der Waals surface area (Å²) in [7, 11) is -3.81. The standard InChI is InChI=1S/C13H12BrFN2O2S/c1-8-6-10(3-4-11(8)15)17-20(18,19)13-5-2-9(14)7-12(13)16/h2-7,17H,16H2,1H3. The lowest BCUT2D eigenvalue weighted by Gasteiger charge is -2.11. The van der Waals surface area contributed by atoms with Gasteiger partial charge in [-0.25, -0.2) is 12.8 Å². The molecule has 0 unspecified atom stereocenters. The second kappa shape index (κ2) is 5.41. The summed E-state index contributed by atoms with van der Waals surface area (Å²) in [6, 6.07) is 8.47. The van der Waals surface area contributed by atoms with Crippen LogP contribution in [-0.2, 0) is 10.0 Å². The fourth-order valence-electron chi connectivity index (χ4n) is 1.68. The van der Waals surface area contributed by atoms with Crippen molar-refractivity contribution in [1.82, 2.24) is 0 Å². The Morgan fingerprint density at radius 3 is 2.50 bits per heavy atom. The van der Waals surface area contributed by atoms with Crippen molar-refractivity contribution in [2.45, 2.75) is 11.8 Å². The summed E-state index contributed by atoms with van der Waals surface area (Å²) >= 11 is 3.21. The predicted molar refractivity (Wildman–Crippen MR) is 80.5 cm³/mol. The number of anilines is 2. The molecule has 20 heavy (non-hydrogen) atoms. The van der Waals surface area contributed by atoms with E-state index in [4.69, 9.17) is 5.73 Å². The second-order valence-corrected chi connectivity index (χ2v) is 6.82. The van der Waals surface area contributed by atoms with Crippen LogP contribution in [0.2, 0.25) is 0 Å². The van der Waals surface area contributed by atoms with Crippen LogP contribution >= 0.6 is 15.9 Å². The van der Waals surface area contributed by atoms with Crippen molar-refractivity contribution < 1.29 is 12.8 Å². The van der Waals surface area contributed by atoms with Crippen LogP contribution in [-0.4, -0.2) is 8.42 Å². The van der Waals surface area contributed by atoms with E-state index in [0.29, 0.717) is 10.0 Å². The lowest BCUT2D eigenvalue weighted by atomic mass is 10.2. The van der Waals surface area contributed by atoms with Gasteiger partial charge in [-0.2, -0.15) is 0 Å². The smallest absolute Gasteiger partial charge is 0.263 e. The fourth-order valence-corrected chi connectivity index (χ4v) is 3.22. The van der Waals surface area contributed by atoms with Crippen LogP contribution in [0.3, 0.4) is 0 Å². The van der Waals surface area contributed by atoms with Gasteiger partial charge in [0.15, 0.2) is 0 Å². The van der Waals surface area contributed by atoms with Crippen LogP contribution in [0.1, 0.15) is 5.56 Å². The number of hydrogen-bond donors (Lipinski definition) is 2. The molecule has 0 spiro atoms. The number of benzene rings is 2. The molecule has 0 saturated heterocycles. The summed E-state index contributed by atoms with van der Waals surface area (Å²) in [6.07, 6.45) is 0. The Morgan fingerprint density at radius 2 is 1.90 bits per heavy atom. The molecule has 0 aromatic heterocycles. The normalized spacial score (nSPS) is 11.3. The number of nitrogen functional groups attached to an aromatic ring is 1. The lowest BCUT2D eigenvalue weighted by molar-refractivity contribution is 0.601. The van der Waals surface area contributed by atoms with Gasteiger partial charge in [-0.1, -0.05) is 15.9 Å². The highest BCUT2D eigenvalue weighted by molar-refractivity contribution is 9.10. The molecule has 0 atom stereocenters. The summed E-state index contributed by atoms with van der Waals surface area (Å²) in [5.74, 6) is -0.392. The van der Waals surface area contributed by atoms with Gasteiger partial charge in [0.2, 0.25) is 0 Å². The molecule has 2 rings (SSSR count). The van der Waals surface area contributed by atoms with Gasteiger partial charge in [-0.15, -0.1) is 0 Å². The van der Waals surface area contributed by atoms with Crippen molar-refractivity contribution in [3.63, 3.8) is 0 Å². The molecular weight excluding hydrogens is 347 g/mol. The molecule has 106 valence electrons. The van der Waals surface area contributed by atoms with Crippen molar-refractivity contribution in [2.75, 3.05) is 10.5 Å². The Balaban J connectivity index is 2.38. The Kier molecular flexibility index (Phi) is 4.01. The zero-order valence-electron chi connectivity index (χ0n) is 10.5. The third kappa shape index (κ3) is 3.10. The van der Waals surface area contributed by atoms with Gasteiger partial charge in [0, 0.05) is 10.2 Å². The number of hydrogen-bond acceptors (Lipinski definition) is 3. The molecule has 2 aromatic carbocycles. The van der Waals surface area contributed by atoms with Crippen LogP contribution < -0.4 is 10.5 Å². The van der Waals surface area contributed by atoms with E-state index in [9.17, 15) is 12.8 Å². The molecule has 0 bridgehead atoms. The van der Waals surface area contributed by atoms with Crippen LogP contribution in [0.4, 0.5) is 15.8 Å². The average Bonchev–Trinajstić information content (AvgIpc) is 2.33. The minimum atomic E-state index is -3.81. The summed E-state index contributed by atoms with van der Waals surface area (Å²) in [5, 5.41) is 0. The molecule has 0 fully saturated rings. The number of halogens is 2. The van der Waals surface area contributed by atoms with Crippen molar-refractivity contribution in [2.24, 2.45) is 0 Å². The number of rotatable bonds is 3. The number of nitrogens with two attached hydrogens (primary N) is 1. The molecule has 0 aliphatic heterocycles. The van der Waals surface area contributed by atoms with Crippen molar-refractivity contribution in [1.29, 1.82) is 0 Å². The second-order valence-electron chi connectivity index (χ2n) is 4.25. The Labute approximate surface area is 125 Å². The molecule has 3 N–H and O–H groups in total. The monoisotopic (exact) mass is 358 g/mol. The van der Waals surface area contributed by atoms with Crippen LogP contribution in [0.5, 0.6) is 0 Å². The van der Waals surface area contributed by atoms with Gasteiger partial charge in [-0.05, 0) is 48.9 Å². The largest absolute Gasteiger partial charge is 0.398 e. The minimum Gasteiger partial charge on any atom is -0.398 e. The average molecular weight is 359 g/mol. The van der Waals surface area contributed by atoms with E-state index in [-0.39, 0.29) is 16.3 Å². The first kappa shape index (κ1) is 14.8. The van der Waals surface area contributed by atoms with Crippen LogP contribution in [0.15, 0.2) is 45.8 Å². The number of aryl methyl sites for hydroxylation is 1. The molecule has 0 aliphatic rings. The lowest BCUT2D eigenvalue weighted by Crippen LogP contribution is -2.15. The summed E-state index contributed by atoms with van der Waals surface area (Å²) in [4.78, 5) is -0.0253. The molecule has 7 heteroatoms. The first-order chi connectivity index (χ1) is 9.29. The van der Waals surface area contributed by atoms with Gasteiger partial charge < -0.3 is 5.73 Å². The highest BCUT2D eigenvalue weighted by atomic mass is 79.9. The van der Waals surface area contributed by atoms with E-state index >= 15 is 0 Å². The first-order valence-corrected chi connectivity index (χ1v) is 7.91. The van der Waals surface area contributed by atoms with Gasteiger partial charge in [0.25, 0.3) is 10.0 Å². The molecule has 0 aliphatic carbocycles. The van der Waals surface area contributed by atoms with Gasteiger partial charge in [-0.3, -0.25) is 4.72 Å². The van der Waals surface area contributed by atoms with Crippen molar-refractivity contribution in [3.05, 3.63) is 52.3 Å². The molecule has 2 aromatic rings. The van der Waals surface area contributed by atoms with E-state index in [1.165, 1.54) is 30.3 Å². The summed E-state index contributed by atoms with van der Waals surface area (Å²) < 4.78 is 40.7. The van der Waals surface area contributed by atoms with Crippen molar-refractivity contribution >= 4 is 37.3 Å². The van der Waals surface area contributed by atoms with Crippen LogP contribution in [0.25, 0.3) is 0 Å². The van der Waals surface area contributed by atoms with Gasteiger partial charge >= 0.3 is 0 Å². The van der Waals surface area contributed by atoms with Crippen LogP contribution in [0, 0.1) is 12.7 Å². The summed E-state index contributed by atoms with van der Waals surface area (Å²) in [5.41, 5.74) is 6.48. The number of nitrogens with one attached hydrogen (secondary N) is 1. The van der Waals surface area contributed by atoms with Gasteiger partial charge in [0.1, 0.15) is 10.7 Å². The Morgan fingerprint density at radius 1 is 1.20 bits per heavy atom. The Hall–Kier alpha value is -1.60. The quantitative estimate of drug-likeness (QED) is 0.827. The fraction of sp³-hybridized carbons (Fsp3) is 0.0769. The zero-order valence-corrected chi connectivity index (χ0v) is 12.9. The van der Waals surface area contributed by atoms with E-state index in [0.717, 1.165) is 0 Å². The molecule has 0 radical (unpaired) electrons. The van der Waals surface area contributed by atoms with E-state index < -0.39 is 15.8 Å². The van der Waals surface area contributed by atoms with E-state index in [1.54, 1.807) is 13.0 Å². The molecule has 0 amide bonds. The highest BCUT2D eigenvalue weighted by Gasteiger charge is 2.18. The van der Waals surface area contributed by atoms with E-state index in [2.05, 4.69) is 20.7 Å². The first-order valence-electron chi connectivity index (χ1n) is 5.63. The zero-order chi connectivity index (χ0) is 14.9. The van der Waals surface area contributed by atoms with E-state index in [1.807, 2.05) is 0 Å². The maximum atomic E-state index is 13.2. The van der Waals surface area contributed by atoms with Gasteiger partial charge in [0.05, 0.1) is 5.69 Å². The molecular formula is C13H12BrFN2O2S. The maximum Gasteiger partial charge on any atom is 0.263 e. The molecule has 0 heterocycles. The minimum absolute atomic E-state index is 0.0253. The third-order valence-corrected chi connectivity index (χ3v) is 4.62.